The molecule has 4 heteroatoms. The molecule has 0 atom stereocenters. The molecule has 0 saturated heterocycles. The van der Waals surface area contributed by atoms with Gasteiger partial charge < -0.3 is 4.81 Å². The van der Waals surface area contributed by atoms with Crippen LogP contribution in [0.1, 0.15) is 5.56 Å². The van der Waals surface area contributed by atoms with Crippen molar-refractivity contribution in [3.05, 3.63) is 96.6 Å². The Labute approximate surface area is 200 Å². The van der Waals surface area contributed by atoms with Gasteiger partial charge in [-0.3, -0.25) is 0 Å². The van der Waals surface area contributed by atoms with E-state index in [-0.39, 0.29) is 6.85 Å². The average molecular weight is 460 g/mol. The maximum atomic E-state index is 2.69. The molecule has 0 radical (unpaired) electrons. The first-order chi connectivity index (χ1) is 15.8. The van der Waals surface area contributed by atoms with Crippen molar-refractivity contribution in [1.82, 2.24) is 0 Å². The number of para-hydroxylation sites is 2. The summed E-state index contributed by atoms with van der Waals surface area (Å²) in [5, 5.41) is 6.24. The van der Waals surface area contributed by atoms with Crippen LogP contribution in [0.3, 0.4) is 0 Å². The average Bonchev–Trinajstić information content (AvgIpc) is 2.82. The van der Waals surface area contributed by atoms with Gasteiger partial charge in [-0.25, -0.2) is 0 Å². The lowest BCUT2D eigenvalue weighted by Crippen LogP contribution is -2.78. The molecule has 2 heterocycles. The second kappa shape index (κ2) is 7.09. The first-order valence-electron chi connectivity index (χ1n) is 12.0. The highest BCUT2D eigenvalue weighted by Gasteiger charge is 2.48. The van der Waals surface area contributed by atoms with Crippen molar-refractivity contribution in [2.75, 3.05) is 4.81 Å². The summed E-state index contributed by atoms with van der Waals surface area (Å²) in [6, 6.07) is 34.7. The molecule has 4 aromatic carbocycles. The molecular formula is C29H30BNSi2. The van der Waals surface area contributed by atoms with Crippen molar-refractivity contribution in [2.45, 2.75) is 33.1 Å². The molecule has 1 nitrogen and oxygen atoms in total. The van der Waals surface area contributed by atoms with Crippen LogP contribution in [0, 0.1) is 6.92 Å². The van der Waals surface area contributed by atoms with E-state index in [0.29, 0.717) is 0 Å². The van der Waals surface area contributed by atoms with Crippen molar-refractivity contribution in [1.29, 1.82) is 0 Å². The van der Waals surface area contributed by atoms with Crippen LogP contribution >= 0.6 is 0 Å². The van der Waals surface area contributed by atoms with Gasteiger partial charge in [-0.15, -0.1) is 0 Å². The minimum Gasteiger partial charge on any atom is -0.377 e. The summed E-state index contributed by atoms with van der Waals surface area (Å²) >= 11 is 0. The van der Waals surface area contributed by atoms with E-state index in [0.717, 1.165) is 0 Å². The first kappa shape index (κ1) is 20.8. The van der Waals surface area contributed by atoms with Gasteiger partial charge in [0.05, 0.1) is 0 Å². The summed E-state index contributed by atoms with van der Waals surface area (Å²) in [6.07, 6.45) is 0. The minimum atomic E-state index is -1.81. The van der Waals surface area contributed by atoms with Crippen molar-refractivity contribution >= 4 is 66.0 Å². The number of fused-ring (bicyclic) bond motifs is 4. The van der Waals surface area contributed by atoms with Gasteiger partial charge in [0.25, 0.3) is 0 Å². The number of hydrogen-bond acceptors (Lipinski definition) is 1. The predicted octanol–water partition coefficient (Wildman–Crippen LogP) is 3.21. The fourth-order valence-electron chi connectivity index (χ4n) is 6.43. The Kier molecular flexibility index (Phi) is 4.46. The summed E-state index contributed by atoms with van der Waals surface area (Å²) in [5.74, 6) is 0. The van der Waals surface area contributed by atoms with E-state index in [1.807, 2.05) is 0 Å². The van der Waals surface area contributed by atoms with E-state index in [1.165, 1.54) is 27.9 Å². The van der Waals surface area contributed by atoms with Gasteiger partial charge in [0.15, 0.2) is 0 Å². The molecule has 0 bridgehead atoms. The van der Waals surface area contributed by atoms with Crippen molar-refractivity contribution in [2.24, 2.45) is 0 Å². The molecule has 0 aromatic heterocycles. The van der Waals surface area contributed by atoms with E-state index in [9.17, 15) is 0 Å². The summed E-state index contributed by atoms with van der Waals surface area (Å²) in [6.45, 7) is 12.5. The number of nitrogens with zero attached hydrogens (tertiary/aromatic N) is 1. The van der Waals surface area contributed by atoms with Crippen LogP contribution in [0.15, 0.2) is 91.0 Å². The van der Waals surface area contributed by atoms with Gasteiger partial charge in [-0.1, -0.05) is 132 Å². The maximum absolute atomic E-state index is 2.69. The Morgan fingerprint density at radius 3 is 1.67 bits per heavy atom. The van der Waals surface area contributed by atoms with Gasteiger partial charge in [-0.2, -0.15) is 0 Å². The molecule has 0 saturated carbocycles. The molecule has 0 amide bonds. The lowest BCUT2D eigenvalue weighted by Gasteiger charge is -2.48. The van der Waals surface area contributed by atoms with E-state index >= 15 is 0 Å². The third-order valence-corrected chi connectivity index (χ3v) is 15.2. The molecule has 33 heavy (non-hydrogen) atoms. The van der Waals surface area contributed by atoms with Gasteiger partial charge in [-0.05, 0) is 28.9 Å². The van der Waals surface area contributed by atoms with E-state index in [2.05, 4.69) is 129 Å². The van der Waals surface area contributed by atoms with Crippen LogP contribution in [0.4, 0.5) is 11.4 Å². The zero-order chi connectivity index (χ0) is 23.0. The molecule has 0 N–H and O–H groups in total. The molecular weight excluding hydrogens is 429 g/mol. The molecule has 4 aromatic rings. The Morgan fingerprint density at radius 1 is 0.545 bits per heavy atom. The Balaban J connectivity index is 1.73. The lowest BCUT2D eigenvalue weighted by molar-refractivity contribution is 1.33. The fraction of sp³-hybridized carbons (Fsp3) is 0.172. The third-order valence-electron chi connectivity index (χ3n) is 8.10. The van der Waals surface area contributed by atoms with E-state index in [1.54, 1.807) is 20.7 Å². The van der Waals surface area contributed by atoms with Crippen LogP contribution in [-0.2, 0) is 0 Å². The van der Waals surface area contributed by atoms with E-state index in [4.69, 9.17) is 0 Å². The largest absolute Gasteiger partial charge is 0.377 e. The van der Waals surface area contributed by atoms with Crippen molar-refractivity contribution in [3.63, 3.8) is 0 Å². The number of benzene rings is 4. The molecule has 2 aliphatic heterocycles. The number of anilines is 2. The molecule has 0 unspecified atom stereocenters. The van der Waals surface area contributed by atoms with Crippen molar-refractivity contribution in [3.8, 4) is 0 Å². The highest BCUT2D eigenvalue weighted by atomic mass is 28.3. The Morgan fingerprint density at radius 2 is 1.03 bits per heavy atom. The van der Waals surface area contributed by atoms with Crippen LogP contribution < -0.4 is 36.5 Å². The van der Waals surface area contributed by atoms with Gasteiger partial charge in [0.2, 0.25) is 0 Å². The summed E-state index contributed by atoms with van der Waals surface area (Å²) in [5.41, 5.74) is 7.17. The SMILES string of the molecule is Cc1cccc2c1N(B1c3ccccc3[Si](C)(C)c3ccccc31)c1ccccc1[Si]2(C)C. The van der Waals surface area contributed by atoms with Gasteiger partial charge >= 0.3 is 6.85 Å². The predicted molar refractivity (Wildman–Crippen MR) is 151 cm³/mol. The third kappa shape index (κ3) is 2.77. The molecule has 2 aliphatic rings. The van der Waals surface area contributed by atoms with Gasteiger partial charge in [0.1, 0.15) is 16.1 Å². The highest BCUT2D eigenvalue weighted by molar-refractivity contribution is 7.12. The fourth-order valence-corrected chi connectivity index (χ4v) is 12.7. The second-order valence-corrected chi connectivity index (χ2v) is 19.3. The van der Waals surface area contributed by atoms with Crippen LogP contribution in [0.25, 0.3) is 0 Å². The quantitative estimate of drug-likeness (QED) is 0.395. The molecule has 6 rings (SSSR count). The van der Waals surface area contributed by atoms with E-state index < -0.39 is 16.1 Å². The molecule has 0 fully saturated rings. The molecule has 0 aliphatic carbocycles. The first-order valence-corrected chi connectivity index (χ1v) is 18.0. The zero-order valence-electron chi connectivity index (χ0n) is 20.2. The van der Waals surface area contributed by atoms with Gasteiger partial charge in [0, 0.05) is 11.4 Å². The zero-order valence-corrected chi connectivity index (χ0v) is 22.2. The second-order valence-electron chi connectivity index (χ2n) is 10.7. The molecule has 0 spiro atoms. The van der Waals surface area contributed by atoms with Crippen LogP contribution in [0.5, 0.6) is 0 Å². The smallest absolute Gasteiger partial charge is 0.327 e. The van der Waals surface area contributed by atoms with Crippen LogP contribution in [-0.4, -0.2) is 23.0 Å². The normalized spacial score (nSPS) is 17.0. The topological polar surface area (TPSA) is 3.24 Å². The summed E-state index contributed by atoms with van der Waals surface area (Å²) < 4.78 is 0. The Hall–Kier alpha value is -2.82. The Bertz CT molecular complexity index is 1360. The standard InChI is InChI=1S/C29H30BNSi2/c1-21-13-12-20-28-29(21)31(24-16-8-11-19-27(24)33(28,4)5)30-22-14-6-9-17-25(22)32(2,3)26-18-10-7-15-23(26)30/h6-20H,1-5H3. The number of aryl methyl sites for hydroxylation is 1. The van der Waals surface area contributed by atoms with Crippen LogP contribution in [0.2, 0.25) is 26.2 Å². The number of rotatable bonds is 1. The maximum Gasteiger partial charge on any atom is 0.327 e. The van der Waals surface area contributed by atoms with Crippen molar-refractivity contribution < 1.29 is 0 Å². The molecule has 162 valence electrons. The minimum absolute atomic E-state index is 0.184. The monoisotopic (exact) mass is 459 g/mol. The number of hydrogen-bond donors (Lipinski definition) is 0. The highest BCUT2D eigenvalue weighted by Crippen LogP contribution is 2.35. The summed E-state index contributed by atoms with van der Waals surface area (Å²) in [4.78, 5) is 2.69. The summed E-state index contributed by atoms with van der Waals surface area (Å²) in [7, 11) is -3.59. The lowest BCUT2D eigenvalue weighted by atomic mass is 9.48.